The number of anilines is 3. The average molecular weight is 464 g/mol. The molecule has 3 rings (SSSR count). The minimum atomic E-state index is -0.790. The van der Waals surface area contributed by atoms with Crippen LogP contribution < -0.4 is 10.2 Å². The normalized spacial score (nSPS) is 10.6. The van der Waals surface area contributed by atoms with Crippen LogP contribution in [0.4, 0.5) is 26.0 Å². The highest BCUT2D eigenvalue weighted by Crippen LogP contribution is 2.29. The fraction of sp³-hybridized carbons (Fsp3) is 0.136. The quantitative estimate of drug-likeness (QED) is 0.516. The van der Waals surface area contributed by atoms with Crippen molar-refractivity contribution in [1.82, 2.24) is 4.98 Å². The Morgan fingerprint density at radius 3 is 2.26 bits per heavy atom. The van der Waals surface area contributed by atoms with Crippen LogP contribution in [-0.4, -0.2) is 16.8 Å². The third-order valence-electron chi connectivity index (χ3n) is 4.50. The number of pyridine rings is 1. The fourth-order valence-electron chi connectivity index (χ4n) is 2.92. The summed E-state index contributed by atoms with van der Waals surface area (Å²) in [6.45, 7) is 2.54. The van der Waals surface area contributed by atoms with E-state index in [1.165, 1.54) is 32.2 Å². The molecule has 9 heteroatoms. The van der Waals surface area contributed by atoms with Crippen molar-refractivity contribution >= 4 is 52.2 Å². The molecule has 0 bridgehead atoms. The third kappa shape index (κ3) is 5.18. The van der Waals surface area contributed by atoms with E-state index in [9.17, 15) is 18.4 Å². The van der Waals surface area contributed by atoms with Gasteiger partial charge in [0.2, 0.25) is 11.8 Å². The van der Waals surface area contributed by atoms with Crippen molar-refractivity contribution in [2.75, 3.05) is 10.2 Å². The van der Waals surface area contributed by atoms with E-state index in [4.69, 9.17) is 23.2 Å². The number of nitrogens with one attached hydrogen (secondary N) is 1. The molecule has 0 unspecified atom stereocenters. The number of halogens is 4. The molecule has 5 nitrogen and oxygen atoms in total. The molecule has 0 fully saturated rings. The first-order valence-corrected chi connectivity index (χ1v) is 9.88. The standard InChI is InChI=1S/C22H17Cl2F2N3O2/c1-12-19(25)9-15(10-20(12)26)29(13(2)30)21-8-14(6-7-27-21)28-22(31)11-16-17(23)4-3-5-18(16)24/h3-10H,11H2,1-2H3,(H,27,28,31). The van der Waals surface area contributed by atoms with Crippen molar-refractivity contribution < 1.29 is 18.4 Å². The second-order valence-corrected chi connectivity index (χ2v) is 7.53. The van der Waals surface area contributed by atoms with E-state index >= 15 is 0 Å². The van der Waals surface area contributed by atoms with Crippen molar-refractivity contribution in [2.24, 2.45) is 0 Å². The van der Waals surface area contributed by atoms with Crippen molar-refractivity contribution in [1.29, 1.82) is 0 Å². The maximum Gasteiger partial charge on any atom is 0.229 e. The van der Waals surface area contributed by atoms with E-state index in [1.54, 1.807) is 18.2 Å². The summed E-state index contributed by atoms with van der Waals surface area (Å²) in [6.07, 6.45) is 1.30. The highest BCUT2D eigenvalue weighted by molar-refractivity contribution is 6.36. The number of rotatable bonds is 5. The zero-order valence-electron chi connectivity index (χ0n) is 16.5. The van der Waals surface area contributed by atoms with Gasteiger partial charge in [-0.1, -0.05) is 29.3 Å². The molecular weight excluding hydrogens is 447 g/mol. The Bertz CT molecular complexity index is 1130. The lowest BCUT2D eigenvalue weighted by molar-refractivity contribution is -0.116. The molecule has 3 aromatic rings. The first-order valence-electron chi connectivity index (χ1n) is 9.12. The molecular formula is C22H17Cl2F2N3O2. The lowest BCUT2D eigenvalue weighted by Crippen LogP contribution is -2.24. The van der Waals surface area contributed by atoms with Crippen LogP contribution in [0.2, 0.25) is 10.0 Å². The first kappa shape index (κ1) is 22.7. The van der Waals surface area contributed by atoms with Crippen LogP contribution >= 0.6 is 23.2 Å². The minimum Gasteiger partial charge on any atom is -0.326 e. The van der Waals surface area contributed by atoms with Gasteiger partial charge in [-0.3, -0.25) is 14.5 Å². The number of benzene rings is 2. The summed E-state index contributed by atoms with van der Waals surface area (Å²) in [5, 5.41) is 3.41. The molecule has 0 aliphatic heterocycles. The van der Waals surface area contributed by atoms with E-state index < -0.39 is 23.4 Å². The van der Waals surface area contributed by atoms with Crippen LogP contribution in [0, 0.1) is 18.6 Å². The van der Waals surface area contributed by atoms with Gasteiger partial charge in [0.25, 0.3) is 0 Å². The number of hydrogen-bond acceptors (Lipinski definition) is 3. The van der Waals surface area contributed by atoms with Crippen LogP contribution in [0.1, 0.15) is 18.1 Å². The topological polar surface area (TPSA) is 62.3 Å². The zero-order valence-corrected chi connectivity index (χ0v) is 18.1. The van der Waals surface area contributed by atoms with Gasteiger partial charge < -0.3 is 5.32 Å². The molecule has 0 spiro atoms. The van der Waals surface area contributed by atoms with Gasteiger partial charge in [0.15, 0.2) is 0 Å². The number of carbonyl (C=O) groups is 2. The maximum atomic E-state index is 14.0. The molecule has 2 aromatic carbocycles. The molecule has 2 amide bonds. The molecule has 0 radical (unpaired) electrons. The summed E-state index contributed by atoms with van der Waals surface area (Å²) >= 11 is 12.2. The number of carbonyl (C=O) groups excluding carboxylic acids is 2. The van der Waals surface area contributed by atoms with Gasteiger partial charge in [-0.25, -0.2) is 13.8 Å². The number of hydrogen-bond donors (Lipinski definition) is 1. The molecule has 0 atom stereocenters. The van der Waals surface area contributed by atoms with Crippen LogP contribution in [0.3, 0.4) is 0 Å². The smallest absolute Gasteiger partial charge is 0.229 e. The predicted molar refractivity (Wildman–Crippen MR) is 117 cm³/mol. The van der Waals surface area contributed by atoms with Gasteiger partial charge in [0, 0.05) is 40.5 Å². The van der Waals surface area contributed by atoms with Gasteiger partial charge in [-0.05, 0) is 42.8 Å². The monoisotopic (exact) mass is 463 g/mol. The Morgan fingerprint density at radius 1 is 1.06 bits per heavy atom. The number of aromatic nitrogens is 1. The van der Waals surface area contributed by atoms with Gasteiger partial charge in [-0.2, -0.15) is 0 Å². The summed E-state index contributed by atoms with van der Waals surface area (Å²) in [6, 6.07) is 9.97. The summed E-state index contributed by atoms with van der Waals surface area (Å²) in [7, 11) is 0. The van der Waals surface area contributed by atoms with Crippen molar-refractivity contribution in [3.63, 3.8) is 0 Å². The fourth-order valence-corrected chi connectivity index (χ4v) is 3.45. The maximum absolute atomic E-state index is 14.0. The van der Waals surface area contributed by atoms with Gasteiger partial charge in [-0.15, -0.1) is 0 Å². The molecule has 1 N–H and O–H groups in total. The highest BCUT2D eigenvalue weighted by atomic mass is 35.5. The van der Waals surface area contributed by atoms with E-state index in [0.29, 0.717) is 21.3 Å². The van der Waals surface area contributed by atoms with E-state index in [0.717, 1.165) is 17.0 Å². The predicted octanol–water partition coefficient (Wildman–Crippen LogP) is 5.84. The Labute approximate surface area is 187 Å². The Balaban J connectivity index is 1.87. The zero-order chi connectivity index (χ0) is 22.7. The lowest BCUT2D eigenvalue weighted by Gasteiger charge is -2.21. The molecule has 31 heavy (non-hydrogen) atoms. The Kier molecular flexibility index (Phi) is 6.87. The molecule has 0 aliphatic carbocycles. The highest BCUT2D eigenvalue weighted by Gasteiger charge is 2.20. The summed E-state index contributed by atoms with van der Waals surface area (Å²) in [5.41, 5.74) is 0.637. The Hall–Kier alpha value is -3.03. The molecule has 160 valence electrons. The van der Waals surface area contributed by atoms with Crippen molar-refractivity contribution in [3.8, 4) is 0 Å². The van der Waals surface area contributed by atoms with Gasteiger partial charge in [0.1, 0.15) is 17.5 Å². The molecule has 0 aliphatic rings. The second kappa shape index (κ2) is 9.41. The summed E-state index contributed by atoms with van der Waals surface area (Å²) in [5.74, 6) is -2.40. The van der Waals surface area contributed by atoms with E-state index in [2.05, 4.69) is 10.3 Å². The second-order valence-electron chi connectivity index (χ2n) is 6.72. The van der Waals surface area contributed by atoms with Gasteiger partial charge in [0.05, 0.1) is 12.1 Å². The van der Waals surface area contributed by atoms with Crippen LogP contribution in [0.25, 0.3) is 0 Å². The largest absolute Gasteiger partial charge is 0.326 e. The van der Waals surface area contributed by atoms with Gasteiger partial charge >= 0.3 is 0 Å². The summed E-state index contributed by atoms with van der Waals surface area (Å²) in [4.78, 5) is 29.8. The lowest BCUT2D eigenvalue weighted by atomic mass is 10.1. The third-order valence-corrected chi connectivity index (χ3v) is 5.20. The van der Waals surface area contributed by atoms with E-state index in [1.807, 2.05) is 0 Å². The molecule has 0 saturated carbocycles. The summed E-state index contributed by atoms with van der Waals surface area (Å²) < 4.78 is 28.1. The average Bonchev–Trinajstić information content (AvgIpc) is 2.69. The minimum absolute atomic E-state index is 0.0214. The van der Waals surface area contributed by atoms with Crippen LogP contribution in [0.5, 0.6) is 0 Å². The van der Waals surface area contributed by atoms with Crippen molar-refractivity contribution in [3.05, 3.63) is 81.5 Å². The molecule has 0 saturated heterocycles. The van der Waals surface area contributed by atoms with Crippen molar-refractivity contribution in [2.45, 2.75) is 20.3 Å². The number of nitrogens with zero attached hydrogens (tertiary/aromatic N) is 2. The molecule has 1 aromatic heterocycles. The van der Waals surface area contributed by atoms with Crippen LogP contribution in [-0.2, 0) is 16.0 Å². The SMILES string of the molecule is CC(=O)N(c1cc(F)c(C)c(F)c1)c1cc(NC(=O)Cc2c(Cl)cccc2Cl)ccn1. The molecule has 1 heterocycles. The number of amides is 2. The van der Waals surface area contributed by atoms with E-state index in [-0.39, 0.29) is 23.5 Å². The Morgan fingerprint density at radius 2 is 1.68 bits per heavy atom. The first-order chi connectivity index (χ1) is 14.7. The van der Waals surface area contributed by atoms with Crippen LogP contribution in [0.15, 0.2) is 48.7 Å².